The summed E-state index contributed by atoms with van der Waals surface area (Å²) in [6, 6.07) is 23.8. The number of hydrogen-bond donors (Lipinski definition) is 2. The minimum absolute atomic E-state index is 0.0797. The number of nitrogens with one attached hydrogen (secondary N) is 2. The number of anilines is 2. The molecule has 3 aromatic rings. The van der Waals surface area contributed by atoms with Crippen LogP contribution in [0.4, 0.5) is 11.4 Å². The van der Waals surface area contributed by atoms with Gasteiger partial charge in [-0.25, -0.2) is 0 Å². The molecule has 0 bridgehead atoms. The summed E-state index contributed by atoms with van der Waals surface area (Å²) in [4.78, 5) is 11.1. The Hall–Kier alpha value is -3.47. The zero-order valence-corrected chi connectivity index (χ0v) is 16.8. The normalized spacial score (nSPS) is 10.3. The highest BCUT2D eigenvalue weighted by Crippen LogP contribution is 2.28. The third-order valence-electron chi connectivity index (χ3n) is 4.42. The van der Waals surface area contributed by atoms with Gasteiger partial charge in [-0.2, -0.15) is 0 Å². The van der Waals surface area contributed by atoms with E-state index in [1.54, 1.807) is 7.11 Å². The molecule has 3 aromatic carbocycles. The Balaban J connectivity index is 1.54. The Kier molecular flexibility index (Phi) is 7.11. The SMILES string of the molecule is COc1cc(CNc2ccc(NC(C)=O)cc2)ccc1OCCc1ccccc1. The molecule has 0 heterocycles. The smallest absolute Gasteiger partial charge is 0.221 e. The molecule has 0 aliphatic heterocycles. The van der Waals surface area contributed by atoms with E-state index >= 15 is 0 Å². The number of hydrogen-bond acceptors (Lipinski definition) is 4. The first-order chi connectivity index (χ1) is 14.1. The van der Waals surface area contributed by atoms with Crippen molar-refractivity contribution < 1.29 is 14.3 Å². The molecule has 0 spiro atoms. The van der Waals surface area contributed by atoms with E-state index in [9.17, 15) is 4.79 Å². The van der Waals surface area contributed by atoms with Crippen molar-refractivity contribution in [3.8, 4) is 11.5 Å². The van der Waals surface area contributed by atoms with Crippen LogP contribution < -0.4 is 20.1 Å². The number of benzene rings is 3. The Morgan fingerprint density at radius 1 is 0.862 bits per heavy atom. The van der Waals surface area contributed by atoms with Gasteiger partial charge in [0.25, 0.3) is 0 Å². The van der Waals surface area contributed by atoms with E-state index in [1.165, 1.54) is 12.5 Å². The Morgan fingerprint density at radius 2 is 1.59 bits per heavy atom. The van der Waals surface area contributed by atoms with Crippen LogP contribution >= 0.6 is 0 Å². The lowest BCUT2D eigenvalue weighted by Gasteiger charge is -2.13. The molecule has 0 saturated carbocycles. The fourth-order valence-electron chi connectivity index (χ4n) is 2.94. The van der Waals surface area contributed by atoms with Crippen molar-refractivity contribution in [3.63, 3.8) is 0 Å². The zero-order chi connectivity index (χ0) is 20.5. The predicted molar refractivity (Wildman–Crippen MR) is 117 cm³/mol. The Morgan fingerprint density at radius 3 is 2.28 bits per heavy atom. The summed E-state index contributed by atoms with van der Waals surface area (Å²) in [5.74, 6) is 1.38. The molecule has 5 heteroatoms. The highest BCUT2D eigenvalue weighted by Gasteiger charge is 2.06. The maximum Gasteiger partial charge on any atom is 0.221 e. The number of ether oxygens (including phenoxy) is 2. The van der Waals surface area contributed by atoms with Crippen molar-refractivity contribution in [1.82, 2.24) is 0 Å². The minimum Gasteiger partial charge on any atom is -0.493 e. The largest absolute Gasteiger partial charge is 0.493 e. The van der Waals surface area contributed by atoms with Gasteiger partial charge in [-0.05, 0) is 47.5 Å². The maximum atomic E-state index is 11.1. The number of carbonyl (C=O) groups excluding carboxylic acids is 1. The standard InChI is InChI=1S/C24H26N2O3/c1-18(27)26-22-11-9-21(10-12-22)25-17-20-8-13-23(24(16-20)28-2)29-15-14-19-6-4-3-5-7-19/h3-13,16,25H,14-15,17H2,1-2H3,(H,26,27). The number of carbonyl (C=O) groups is 1. The van der Waals surface area contributed by atoms with Crippen LogP contribution in [0.25, 0.3) is 0 Å². The Bertz CT molecular complexity index is 925. The molecule has 0 saturated heterocycles. The number of rotatable bonds is 9. The van der Waals surface area contributed by atoms with Gasteiger partial charge in [-0.3, -0.25) is 4.79 Å². The summed E-state index contributed by atoms with van der Waals surface area (Å²) in [5.41, 5.74) is 4.09. The molecule has 150 valence electrons. The van der Waals surface area contributed by atoms with E-state index in [4.69, 9.17) is 9.47 Å². The van der Waals surface area contributed by atoms with Gasteiger partial charge in [0, 0.05) is 31.3 Å². The molecule has 3 rings (SSSR count). The highest BCUT2D eigenvalue weighted by atomic mass is 16.5. The van der Waals surface area contributed by atoms with Gasteiger partial charge in [0.05, 0.1) is 13.7 Å². The highest BCUT2D eigenvalue weighted by molar-refractivity contribution is 5.88. The van der Waals surface area contributed by atoms with Crippen molar-refractivity contribution in [2.45, 2.75) is 19.9 Å². The first-order valence-electron chi connectivity index (χ1n) is 9.59. The molecule has 2 N–H and O–H groups in total. The van der Waals surface area contributed by atoms with E-state index < -0.39 is 0 Å². The summed E-state index contributed by atoms with van der Waals surface area (Å²) < 4.78 is 11.4. The fraction of sp³-hybridized carbons (Fsp3) is 0.208. The molecule has 29 heavy (non-hydrogen) atoms. The molecule has 0 aliphatic rings. The lowest BCUT2D eigenvalue weighted by Crippen LogP contribution is -2.06. The molecule has 0 atom stereocenters. The van der Waals surface area contributed by atoms with Crippen LogP contribution in [-0.4, -0.2) is 19.6 Å². The predicted octanol–water partition coefficient (Wildman–Crippen LogP) is 4.89. The third-order valence-corrected chi connectivity index (χ3v) is 4.42. The van der Waals surface area contributed by atoms with E-state index in [0.29, 0.717) is 13.2 Å². The Labute approximate surface area is 171 Å². The second kappa shape index (κ2) is 10.2. The van der Waals surface area contributed by atoms with Gasteiger partial charge in [-0.1, -0.05) is 36.4 Å². The lowest BCUT2D eigenvalue weighted by molar-refractivity contribution is -0.114. The molecule has 0 aromatic heterocycles. The first-order valence-corrected chi connectivity index (χ1v) is 9.59. The second-order valence-electron chi connectivity index (χ2n) is 6.68. The fourth-order valence-corrected chi connectivity index (χ4v) is 2.94. The minimum atomic E-state index is -0.0797. The van der Waals surface area contributed by atoms with Crippen molar-refractivity contribution in [3.05, 3.63) is 83.9 Å². The number of amides is 1. The van der Waals surface area contributed by atoms with Crippen LogP contribution in [0.2, 0.25) is 0 Å². The van der Waals surface area contributed by atoms with Crippen LogP contribution in [0.3, 0.4) is 0 Å². The molecule has 0 fully saturated rings. The monoisotopic (exact) mass is 390 g/mol. The molecule has 0 aliphatic carbocycles. The first kappa shape index (κ1) is 20.3. The van der Waals surface area contributed by atoms with E-state index in [2.05, 4.69) is 22.8 Å². The van der Waals surface area contributed by atoms with Gasteiger partial charge in [0.15, 0.2) is 11.5 Å². The summed E-state index contributed by atoms with van der Waals surface area (Å²) >= 11 is 0. The number of methoxy groups -OCH3 is 1. The molecule has 1 amide bonds. The topological polar surface area (TPSA) is 59.6 Å². The van der Waals surface area contributed by atoms with Crippen LogP contribution in [0.5, 0.6) is 11.5 Å². The average molecular weight is 390 g/mol. The average Bonchev–Trinajstić information content (AvgIpc) is 2.74. The summed E-state index contributed by atoms with van der Waals surface area (Å²) in [6.45, 7) is 2.74. The van der Waals surface area contributed by atoms with E-state index in [0.717, 1.165) is 34.9 Å². The quantitative estimate of drug-likeness (QED) is 0.546. The van der Waals surface area contributed by atoms with Crippen LogP contribution in [0.15, 0.2) is 72.8 Å². The zero-order valence-electron chi connectivity index (χ0n) is 16.8. The second-order valence-corrected chi connectivity index (χ2v) is 6.68. The molecular formula is C24H26N2O3. The summed E-state index contributed by atoms with van der Waals surface area (Å²) in [5, 5.41) is 6.12. The summed E-state index contributed by atoms with van der Waals surface area (Å²) in [6.07, 6.45) is 0.849. The summed E-state index contributed by atoms with van der Waals surface area (Å²) in [7, 11) is 1.65. The van der Waals surface area contributed by atoms with Gasteiger partial charge in [0.2, 0.25) is 5.91 Å². The molecule has 0 unspecified atom stereocenters. The lowest BCUT2D eigenvalue weighted by atomic mass is 10.1. The van der Waals surface area contributed by atoms with Crippen molar-refractivity contribution in [1.29, 1.82) is 0 Å². The molecular weight excluding hydrogens is 364 g/mol. The van der Waals surface area contributed by atoms with Gasteiger partial charge in [-0.15, -0.1) is 0 Å². The van der Waals surface area contributed by atoms with Gasteiger partial charge in [0.1, 0.15) is 0 Å². The van der Waals surface area contributed by atoms with Gasteiger partial charge < -0.3 is 20.1 Å². The van der Waals surface area contributed by atoms with Crippen molar-refractivity contribution in [2.24, 2.45) is 0 Å². The van der Waals surface area contributed by atoms with Crippen LogP contribution in [0.1, 0.15) is 18.1 Å². The van der Waals surface area contributed by atoms with Crippen molar-refractivity contribution in [2.75, 3.05) is 24.4 Å². The molecule has 0 radical (unpaired) electrons. The third kappa shape index (κ3) is 6.28. The van der Waals surface area contributed by atoms with Crippen molar-refractivity contribution >= 4 is 17.3 Å². The van der Waals surface area contributed by atoms with Crippen LogP contribution in [0, 0.1) is 0 Å². The maximum absolute atomic E-state index is 11.1. The molecule has 5 nitrogen and oxygen atoms in total. The van der Waals surface area contributed by atoms with Crippen LogP contribution in [-0.2, 0) is 17.8 Å². The van der Waals surface area contributed by atoms with E-state index in [1.807, 2.05) is 60.7 Å². The van der Waals surface area contributed by atoms with E-state index in [-0.39, 0.29) is 5.91 Å². The van der Waals surface area contributed by atoms with Gasteiger partial charge >= 0.3 is 0 Å².